The van der Waals surface area contributed by atoms with Crippen molar-refractivity contribution in [1.29, 1.82) is 0 Å². The third-order valence-corrected chi connectivity index (χ3v) is 8.07. The summed E-state index contributed by atoms with van der Waals surface area (Å²) in [5.41, 5.74) is -0.857. The van der Waals surface area contributed by atoms with Crippen molar-refractivity contribution >= 4 is 23.5 Å². The van der Waals surface area contributed by atoms with Gasteiger partial charge in [0.25, 0.3) is 5.56 Å². The molecule has 170 valence electrons. The van der Waals surface area contributed by atoms with Crippen LogP contribution < -0.4 is 11.2 Å². The second-order valence-electron chi connectivity index (χ2n) is 6.34. The normalized spacial score (nSPS) is 25.9. The zero-order valence-electron chi connectivity index (χ0n) is 15.2. The van der Waals surface area contributed by atoms with E-state index < -0.39 is 65.8 Å². The average molecular weight is 492 g/mol. The van der Waals surface area contributed by atoms with Crippen molar-refractivity contribution in [2.45, 2.75) is 13.0 Å². The summed E-state index contributed by atoms with van der Waals surface area (Å²) in [6, 6.07) is -0.771. The number of aliphatic hydroxyl groups excluding tert-OH is 1. The van der Waals surface area contributed by atoms with Crippen molar-refractivity contribution < 1.29 is 51.5 Å². The Morgan fingerprint density at radius 1 is 1.13 bits per heavy atom. The summed E-state index contributed by atoms with van der Waals surface area (Å²) in [6.07, 6.45) is 1.26. The highest BCUT2D eigenvalue weighted by Gasteiger charge is 2.48. The Balaban J connectivity index is 2.11. The Kier molecular flexibility index (Phi) is 7.29. The molecule has 0 spiro atoms. The van der Waals surface area contributed by atoms with E-state index in [1.54, 1.807) is 0 Å². The Bertz CT molecular complexity index is 1090. The molecule has 1 fully saturated rings. The molecule has 2 rings (SSSR count). The molecule has 5 atom stereocenters. The molecule has 1 aliphatic rings. The van der Waals surface area contributed by atoms with E-state index in [0.29, 0.717) is 0 Å². The summed E-state index contributed by atoms with van der Waals surface area (Å²) < 4.78 is 46.6. The monoisotopic (exact) mass is 492 g/mol. The summed E-state index contributed by atoms with van der Waals surface area (Å²) in [6.45, 7) is 4.00. The van der Waals surface area contributed by atoms with Gasteiger partial charge in [-0.1, -0.05) is 6.58 Å². The topological polar surface area (TPSA) is 235 Å². The number of hydrogen-bond acceptors (Lipinski definition) is 9. The van der Waals surface area contributed by atoms with Gasteiger partial charge in [-0.2, -0.15) is 8.62 Å². The van der Waals surface area contributed by atoms with E-state index in [0.717, 1.165) is 4.57 Å². The standard InChI is InChI=1S/C12H19N2O13P3/c1-6-3-14(12(17)13-11(6)16)10-7(2)9(8(10)4-15)5-25-29(21,22)27-30(23,24)26-28(18,19)20/h3,8-10,15H,2,4-5H2,1H3,(H,21,22)(H,23,24)(H,13,16,17)(H2,18,19,20)/t8-,9+,10-/m1/s1. The van der Waals surface area contributed by atoms with E-state index in [4.69, 9.17) is 14.7 Å². The Labute approximate surface area is 168 Å². The molecule has 1 aliphatic carbocycles. The lowest BCUT2D eigenvalue weighted by molar-refractivity contribution is 0.0470. The van der Waals surface area contributed by atoms with E-state index in [2.05, 4.69) is 24.7 Å². The molecule has 15 nitrogen and oxygen atoms in total. The van der Waals surface area contributed by atoms with Crippen LogP contribution in [0.3, 0.4) is 0 Å². The quantitative estimate of drug-likeness (QED) is 0.189. The van der Waals surface area contributed by atoms with Gasteiger partial charge in [0.1, 0.15) is 0 Å². The van der Waals surface area contributed by atoms with E-state index in [1.807, 2.05) is 0 Å². The fourth-order valence-corrected chi connectivity index (χ4v) is 6.03. The van der Waals surface area contributed by atoms with Gasteiger partial charge in [0.15, 0.2) is 0 Å². The molecule has 0 amide bonds. The molecule has 0 saturated heterocycles. The van der Waals surface area contributed by atoms with Gasteiger partial charge in [-0.05, 0) is 12.5 Å². The van der Waals surface area contributed by atoms with Crippen molar-refractivity contribution in [3.63, 3.8) is 0 Å². The van der Waals surface area contributed by atoms with Crippen molar-refractivity contribution in [2.24, 2.45) is 11.8 Å². The van der Waals surface area contributed by atoms with E-state index in [1.165, 1.54) is 13.1 Å². The van der Waals surface area contributed by atoms with Crippen LogP contribution in [0.4, 0.5) is 0 Å². The molecule has 1 aromatic heterocycles. The maximum atomic E-state index is 12.0. The molecule has 1 aromatic rings. The van der Waals surface area contributed by atoms with Crippen LogP contribution in [-0.4, -0.2) is 47.4 Å². The SMILES string of the molecule is C=C1[C@@H](n2cc(C)c(=O)[nH]c2=O)[C@H](CO)[C@H]1COP(=O)(O)OP(=O)(O)OP(=O)(O)O. The lowest BCUT2D eigenvalue weighted by Crippen LogP contribution is -2.49. The lowest BCUT2D eigenvalue weighted by Gasteiger charge is -2.46. The zero-order chi connectivity index (χ0) is 23.1. The van der Waals surface area contributed by atoms with E-state index in [9.17, 15) is 33.3 Å². The van der Waals surface area contributed by atoms with Crippen molar-refractivity contribution in [3.05, 3.63) is 44.8 Å². The smallest absolute Gasteiger partial charge is 0.396 e. The van der Waals surface area contributed by atoms with Crippen LogP contribution in [0, 0.1) is 18.8 Å². The number of H-pyrrole nitrogens is 1. The molecule has 6 N–H and O–H groups in total. The Morgan fingerprint density at radius 3 is 2.27 bits per heavy atom. The first kappa shape index (κ1) is 25.1. The fourth-order valence-electron chi connectivity index (χ4n) is 2.98. The van der Waals surface area contributed by atoms with Crippen LogP contribution in [-0.2, 0) is 26.8 Å². The third-order valence-electron chi connectivity index (χ3n) is 4.27. The van der Waals surface area contributed by atoms with Gasteiger partial charge in [0.2, 0.25) is 0 Å². The molecule has 0 aromatic carbocycles. The number of phosphoric acid groups is 3. The highest BCUT2D eigenvalue weighted by molar-refractivity contribution is 7.66. The van der Waals surface area contributed by atoms with Crippen LogP contribution in [0.1, 0.15) is 11.6 Å². The number of nitrogens with zero attached hydrogens (tertiary/aromatic N) is 1. The molecule has 18 heteroatoms. The first-order valence-electron chi connectivity index (χ1n) is 7.97. The summed E-state index contributed by atoms with van der Waals surface area (Å²) in [4.78, 5) is 61.2. The number of aliphatic hydroxyl groups is 1. The van der Waals surface area contributed by atoms with Crippen molar-refractivity contribution in [2.75, 3.05) is 13.2 Å². The average Bonchev–Trinajstić information content (AvgIpc) is 2.53. The minimum Gasteiger partial charge on any atom is -0.396 e. The summed E-state index contributed by atoms with van der Waals surface area (Å²) >= 11 is 0. The van der Waals surface area contributed by atoms with E-state index in [-0.39, 0.29) is 11.1 Å². The molecule has 0 aliphatic heterocycles. The predicted molar refractivity (Wildman–Crippen MR) is 98.1 cm³/mol. The summed E-state index contributed by atoms with van der Waals surface area (Å²) in [5, 5.41) is 9.63. The summed E-state index contributed by atoms with van der Waals surface area (Å²) in [5.74, 6) is -1.54. The number of hydrogen-bond donors (Lipinski definition) is 6. The third kappa shape index (κ3) is 5.94. The lowest BCUT2D eigenvalue weighted by atomic mass is 9.66. The Hall–Kier alpha value is -1.21. The van der Waals surface area contributed by atoms with Gasteiger partial charge in [0.05, 0.1) is 12.6 Å². The number of phosphoric ester groups is 1. The highest BCUT2D eigenvalue weighted by atomic mass is 31.3. The van der Waals surface area contributed by atoms with Gasteiger partial charge >= 0.3 is 29.2 Å². The van der Waals surface area contributed by atoms with Crippen LogP contribution in [0.25, 0.3) is 0 Å². The first-order valence-corrected chi connectivity index (χ1v) is 12.5. The van der Waals surface area contributed by atoms with Gasteiger partial charge < -0.3 is 24.7 Å². The minimum atomic E-state index is -5.65. The number of aromatic nitrogens is 2. The zero-order valence-corrected chi connectivity index (χ0v) is 17.9. The molecule has 30 heavy (non-hydrogen) atoms. The molecule has 1 heterocycles. The predicted octanol–water partition coefficient (Wildman–Crippen LogP) is -0.476. The number of aryl methyl sites for hydroxylation is 1. The van der Waals surface area contributed by atoms with Gasteiger partial charge in [-0.15, -0.1) is 0 Å². The number of aromatic amines is 1. The van der Waals surface area contributed by atoms with Gasteiger partial charge in [0, 0.05) is 30.2 Å². The second-order valence-corrected chi connectivity index (χ2v) is 10.8. The van der Waals surface area contributed by atoms with Crippen LogP contribution >= 0.6 is 23.5 Å². The van der Waals surface area contributed by atoms with Gasteiger partial charge in [-0.3, -0.25) is 18.9 Å². The minimum absolute atomic E-state index is 0.218. The molecule has 0 bridgehead atoms. The molecular weight excluding hydrogens is 473 g/mol. The molecule has 2 unspecified atom stereocenters. The molecule has 1 saturated carbocycles. The fraction of sp³-hybridized carbons (Fsp3) is 0.500. The van der Waals surface area contributed by atoms with Crippen LogP contribution in [0.15, 0.2) is 27.9 Å². The van der Waals surface area contributed by atoms with E-state index >= 15 is 0 Å². The van der Waals surface area contributed by atoms with Crippen molar-refractivity contribution in [1.82, 2.24) is 9.55 Å². The van der Waals surface area contributed by atoms with Crippen molar-refractivity contribution in [3.8, 4) is 0 Å². The maximum Gasteiger partial charge on any atom is 0.490 e. The summed E-state index contributed by atoms with van der Waals surface area (Å²) in [7, 11) is -16.5. The second kappa shape index (κ2) is 8.73. The first-order chi connectivity index (χ1) is 13.6. The molecule has 0 radical (unpaired) electrons. The molecular formula is C12H19N2O13P3. The number of nitrogens with one attached hydrogen (secondary N) is 1. The number of rotatable bonds is 9. The maximum absolute atomic E-state index is 12.0. The van der Waals surface area contributed by atoms with Gasteiger partial charge in [-0.25, -0.2) is 18.5 Å². The Morgan fingerprint density at radius 2 is 1.73 bits per heavy atom. The van der Waals surface area contributed by atoms with Crippen LogP contribution in [0.5, 0.6) is 0 Å². The van der Waals surface area contributed by atoms with Crippen LogP contribution in [0.2, 0.25) is 0 Å². The largest absolute Gasteiger partial charge is 0.490 e. The highest BCUT2D eigenvalue weighted by Crippen LogP contribution is 2.66.